The lowest BCUT2D eigenvalue weighted by atomic mass is 9.74. The quantitative estimate of drug-likeness (QED) is 0.335. The molecule has 210 valence electrons. The van der Waals surface area contributed by atoms with Crippen molar-refractivity contribution in [2.24, 2.45) is 5.41 Å². The Hall–Kier alpha value is -2.76. The van der Waals surface area contributed by atoms with Crippen LogP contribution in [0.25, 0.3) is 11.0 Å². The number of nitrogens with one attached hydrogen (secondary N) is 1. The first kappa shape index (κ1) is 26.5. The highest BCUT2D eigenvalue weighted by Gasteiger charge is 2.47. The van der Waals surface area contributed by atoms with Crippen molar-refractivity contribution in [2.45, 2.75) is 76.8 Å². The van der Waals surface area contributed by atoms with E-state index in [1.807, 2.05) is 17.0 Å². The topological polar surface area (TPSA) is 106 Å². The molecular formula is C28H39N5O5Si. The van der Waals surface area contributed by atoms with E-state index >= 15 is 0 Å². The minimum absolute atomic E-state index is 0.0827. The number of anilines is 1. The summed E-state index contributed by atoms with van der Waals surface area (Å²) in [5.41, 5.74) is 2.70. The summed E-state index contributed by atoms with van der Waals surface area (Å²) in [6.45, 7) is 9.69. The number of carbonyl (C=O) groups excluding carboxylic acids is 3. The molecular weight excluding hydrogens is 514 g/mol. The summed E-state index contributed by atoms with van der Waals surface area (Å²) in [5.74, 6) is -0.484. The maximum absolute atomic E-state index is 14.0. The van der Waals surface area contributed by atoms with Crippen molar-refractivity contribution in [3.05, 3.63) is 28.2 Å². The van der Waals surface area contributed by atoms with Gasteiger partial charge in [0, 0.05) is 34.2 Å². The third-order valence-electron chi connectivity index (χ3n) is 9.14. The van der Waals surface area contributed by atoms with E-state index in [4.69, 9.17) is 4.74 Å². The Bertz CT molecular complexity index is 1400. The Morgan fingerprint density at radius 3 is 2.54 bits per heavy atom. The zero-order valence-corrected chi connectivity index (χ0v) is 24.3. The van der Waals surface area contributed by atoms with Gasteiger partial charge in [-0.1, -0.05) is 25.7 Å². The molecule has 5 heterocycles. The fourth-order valence-corrected chi connectivity index (χ4v) is 7.55. The molecule has 4 aliphatic rings. The van der Waals surface area contributed by atoms with E-state index < -0.39 is 20.0 Å². The van der Waals surface area contributed by atoms with Crippen LogP contribution in [-0.2, 0) is 32.1 Å². The number of ether oxygens (including phenoxy) is 1. The van der Waals surface area contributed by atoms with Gasteiger partial charge in [-0.3, -0.25) is 28.4 Å². The monoisotopic (exact) mass is 553 g/mol. The highest BCUT2D eigenvalue weighted by atomic mass is 28.3. The number of imidazole rings is 1. The first-order valence-corrected chi connectivity index (χ1v) is 18.0. The maximum Gasteiger partial charge on any atom is 0.329 e. The van der Waals surface area contributed by atoms with E-state index in [1.165, 1.54) is 4.90 Å². The van der Waals surface area contributed by atoms with Crippen LogP contribution < -0.4 is 15.9 Å². The number of carbonyl (C=O) groups is 3. The zero-order chi connectivity index (χ0) is 27.5. The largest absolute Gasteiger partial charge is 0.361 e. The van der Waals surface area contributed by atoms with Crippen LogP contribution in [0, 0.1) is 5.41 Å². The summed E-state index contributed by atoms with van der Waals surface area (Å²) in [6.07, 6.45) is 3.70. The average Bonchev–Trinajstić information content (AvgIpc) is 3.13. The highest BCUT2D eigenvalue weighted by molar-refractivity contribution is 6.76. The van der Waals surface area contributed by atoms with Crippen LogP contribution in [-0.4, -0.2) is 72.8 Å². The Morgan fingerprint density at radius 2 is 1.79 bits per heavy atom. The Morgan fingerprint density at radius 1 is 1.03 bits per heavy atom. The van der Waals surface area contributed by atoms with Gasteiger partial charge < -0.3 is 15.0 Å². The summed E-state index contributed by atoms with van der Waals surface area (Å²) >= 11 is 0. The van der Waals surface area contributed by atoms with Gasteiger partial charge in [0.25, 0.3) is 5.91 Å². The van der Waals surface area contributed by atoms with E-state index in [1.54, 1.807) is 9.13 Å². The van der Waals surface area contributed by atoms with Gasteiger partial charge in [0.2, 0.25) is 11.8 Å². The second-order valence-electron chi connectivity index (χ2n) is 12.8. The zero-order valence-electron chi connectivity index (χ0n) is 23.3. The molecule has 4 aliphatic heterocycles. The molecule has 2 saturated heterocycles. The predicted molar refractivity (Wildman–Crippen MR) is 151 cm³/mol. The molecule has 1 aromatic carbocycles. The number of hydrogen-bond acceptors (Lipinski definition) is 6. The van der Waals surface area contributed by atoms with Gasteiger partial charge in [0.05, 0.1) is 22.1 Å². The van der Waals surface area contributed by atoms with Gasteiger partial charge >= 0.3 is 5.69 Å². The van der Waals surface area contributed by atoms with Crippen LogP contribution in [0.3, 0.4) is 0 Å². The van der Waals surface area contributed by atoms with E-state index in [9.17, 15) is 19.2 Å². The molecule has 1 aromatic heterocycles. The van der Waals surface area contributed by atoms with Gasteiger partial charge in [-0.25, -0.2) is 4.79 Å². The van der Waals surface area contributed by atoms with Crippen LogP contribution in [0.15, 0.2) is 16.9 Å². The lowest BCUT2D eigenvalue weighted by Gasteiger charge is -2.39. The van der Waals surface area contributed by atoms with Crippen molar-refractivity contribution in [3.63, 3.8) is 0 Å². The Kier molecular flexibility index (Phi) is 6.58. The average molecular weight is 554 g/mol. The van der Waals surface area contributed by atoms with Gasteiger partial charge in [0.1, 0.15) is 12.8 Å². The number of aryl methyl sites for hydroxylation is 1. The highest BCUT2D eigenvalue weighted by Crippen LogP contribution is 2.45. The number of rotatable bonds is 6. The number of nitrogens with zero attached hydrogens (tertiary/aromatic N) is 4. The molecule has 1 atom stereocenters. The lowest BCUT2D eigenvalue weighted by molar-refractivity contribution is -0.157. The van der Waals surface area contributed by atoms with Crippen molar-refractivity contribution in [2.75, 3.05) is 37.9 Å². The SMILES string of the molecule is C[Si](C)(C)CCOCN1C(=O)CCC(n2c(=O)n3c4c5c(ccc42)CCC2(CCNCC2)C(=O)N5CC3)C1=O. The first-order valence-electron chi connectivity index (χ1n) is 14.3. The molecule has 2 aromatic rings. The van der Waals surface area contributed by atoms with Crippen molar-refractivity contribution in [1.82, 2.24) is 19.4 Å². The molecule has 6 rings (SSSR count). The number of aromatic nitrogens is 2. The summed E-state index contributed by atoms with van der Waals surface area (Å²) in [6, 6.07) is 4.12. The third-order valence-corrected chi connectivity index (χ3v) is 10.8. The van der Waals surface area contributed by atoms with Crippen LogP contribution in [0.2, 0.25) is 25.7 Å². The first-order chi connectivity index (χ1) is 18.6. The molecule has 39 heavy (non-hydrogen) atoms. The number of benzene rings is 1. The summed E-state index contributed by atoms with van der Waals surface area (Å²) < 4.78 is 9.06. The second-order valence-corrected chi connectivity index (χ2v) is 18.4. The molecule has 3 amide bonds. The minimum Gasteiger partial charge on any atom is -0.361 e. The van der Waals surface area contributed by atoms with E-state index in [2.05, 4.69) is 25.0 Å². The van der Waals surface area contributed by atoms with Gasteiger partial charge in [-0.05, 0) is 62.9 Å². The van der Waals surface area contributed by atoms with Crippen LogP contribution in [0.1, 0.15) is 43.7 Å². The Labute approximate surface area is 229 Å². The van der Waals surface area contributed by atoms with Gasteiger partial charge in [-0.15, -0.1) is 0 Å². The van der Waals surface area contributed by atoms with Crippen molar-refractivity contribution < 1.29 is 19.1 Å². The molecule has 10 nitrogen and oxygen atoms in total. The minimum atomic E-state index is -1.31. The molecule has 1 N–H and O–H groups in total. The normalized spacial score (nSPS) is 23.2. The molecule has 2 fully saturated rings. The smallest absolute Gasteiger partial charge is 0.329 e. The third kappa shape index (κ3) is 4.38. The number of likely N-dealkylation sites (tertiary alicyclic amines) is 1. The van der Waals surface area contributed by atoms with Crippen molar-refractivity contribution >= 4 is 42.5 Å². The fraction of sp³-hybridized carbons (Fsp3) is 0.643. The molecule has 11 heteroatoms. The van der Waals surface area contributed by atoms with E-state index in [-0.39, 0.29) is 42.5 Å². The fourth-order valence-electron chi connectivity index (χ4n) is 6.79. The van der Waals surface area contributed by atoms with Crippen LogP contribution in [0.5, 0.6) is 0 Å². The molecule has 0 bridgehead atoms. The second kappa shape index (κ2) is 9.71. The standard InChI is InChI=1S/C28H39N5O5Si/c1-39(2,3)17-16-38-18-32-22(34)7-6-21(25(32)35)33-20-5-4-19-8-9-28(10-12-29-13-11-28)26(36)30-14-15-31(27(33)37)24(20)23(19)30/h4-5,21,29H,6-18H2,1-3H3. The summed E-state index contributed by atoms with van der Waals surface area (Å²) in [5, 5.41) is 3.39. The number of imide groups is 1. The molecule has 0 aliphatic carbocycles. The molecule has 0 saturated carbocycles. The van der Waals surface area contributed by atoms with Crippen molar-refractivity contribution in [1.29, 1.82) is 0 Å². The maximum atomic E-state index is 14.0. The summed E-state index contributed by atoms with van der Waals surface area (Å²) in [4.78, 5) is 57.2. The molecule has 1 spiro atoms. The molecule has 0 radical (unpaired) electrons. The molecule has 1 unspecified atom stereocenters. The van der Waals surface area contributed by atoms with Crippen molar-refractivity contribution in [3.8, 4) is 0 Å². The number of piperidine rings is 2. The van der Waals surface area contributed by atoms with Gasteiger partial charge in [0.15, 0.2) is 0 Å². The van der Waals surface area contributed by atoms with Crippen LogP contribution in [0.4, 0.5) is 5.69 Å². The summed E-state index contributed by atoms with van der Waals surface area (Å²) in [7, 11) is -1.31. The van der Waals surface area contributed by atoms with E-state index in [0.717, 1.165) is 61.6 Å². The number of hydrogen-bond donors (Lipinski definition) is 1. The number of amides is 3. The van der Waals surface area contributed by atoms with Crippen LogP contribution >= 0.6 is 0 Å². The lowest BCUT2D eigenvalue weighted by Crippen LogP contribution is -2.51. The van der Waals surface area contributed by atoms with Gasteiger partial charge in [-0.2, -0.15) is 0 Å². The Balaban J connectivity index is 1.35. The predicted octanol–water partition coefficient (Wildman–Crippen LogP) is 2.47. The van der Waals surface area contributed by atoms with E-state index in [0.29, 0.717) is 25.2 Å².